The third-order valence-electron chi connectivity index (χ3n) is 4.40. The minimum Gasteiger partial charge on any atom is -0.368 e. The van der Waals surface area contributed by atoms with Crippen molar-refractivity contribution in [3.05, 3.63) is 30.1 Å². The maximum absolute atomic E-state index is 13.1. The van der Waals surface area contributed by atoms with Crippen molar-refractivity contribution in [2.75, 3.05) is 56.5 Å². The molecule has 1 aliphatic rings. The highest BCUT2D eigenvalue weighted by molar-refractivity contribution is 14.0. The second-order valence-corrected chi connectivity index (χ2v) is 8.43. The molecule has 28 heavy (non-hydrogen) atoms. The van der Waals surface area contributed by atoms with Gasteiger partial charge in [0, 0.05) is 51.5 Å². The maximum Gasteiger partial charge on any atom is 0.211 e. The minimum atomic E-state index is -3.14. The Kier molecular flexibility index (Phi) is 11.1. The van der Waals surface area contributed by atoms with E-state index in [1.54, 1.807) is 6.92 Å². The molecule has 0 aliphatic carbocycles. The summed E-state index contributed by atoms with van der Waals surface area (Å²) in [5.74, 6) is 0.729. The molecule has 1 aromatic carbocycles. The fourth-order valence-electron chi connectivity index (χ4n) is 2.85. The van der Waals surface area contributed by atoms with Crippen LogP contribution in [0.1, 0.15) is 20.3 Å². The molecule has 2 N–H and O–H groups in total. The lowest BCUT2D eigenvalue weighted by Crippen LogP contribution is -2.52. The summed E-state index contributed by atoms with van der Waals surface area (Å²) in [6.45, 7) is 8.72. The van der Waals surface area contributed by atoms with Crippen molar-refractivity contribution in [1.82, 2.24) is 14.9 Å². The van der Waals surface area contributed by atoms with Crippen molar-refractivity contribution in [1.29, 1.82) is 0 Å². The molecule has 0 aromatic heterocycles. The Bertz CT molecular complexity index is 707. The summed E-state index contributed by atoms with van der Waals surface area (Å²) in [5.41, 5.74) is 1.03. The van der Waals surface area contributed by atoms with Crippen molar-refractivity contribution in [2.45, 2.75) is 20.3 Å². The first-order valence-electron chi connectivity index (χ1n) is 9.46. The Labute approximate surface area is 184 Å². The minimum absolute atomic E-state index is 0. The zero-order chi connectivity index (χ0) is 19.7. The highest BCUT2D eigenvalue weighted by atomic mass is 127. The molecule has 0 radical (unpaired) electrons. The van der Waals surface area contributed by atoms with Gasteiger partial charge in [0.25, 0.3) is 0 Å². The molecular formula is C18H31FIN5O2S. The van der Waals surface area contributed by atoms with Gasteiger partial charge in [0.2, 0.25) is 10.0 Å². The molecule has 1 fully saturated rings. The van der Waals surface area contributed by atoms with Crippen LogP contribution in [0, 0.1) is 5.82 Å². The van der Waals surface area contributed by atoms with Crippen LogP contribution in [-0.2, 0) is 10.0 Å². The normalized spacial score (nSPS) is 15.3. The molecule has 0 saturated carbocycles. The predicted octanol–water partition coefficient (Wildman–Crippen LogP) is 1.86. The number of nitrogens with zero attached hydrogens (tertiary/aromatic N) is 3. The Morgan fingerprint density at radius 2 is 1.79 bits per heavy atom. The summed E-state index contributed by atoms with van der Waals surface area (Å²) in [7, 11) is -3.14. The molecule has 0 amide bonds. The van der Waals surface area contributed by atoms with Gasteiger partial charge in [0.1, 0.15) is 5.82 Å². The molecule has 0 atom stereocenters. The molecule has 2 rings (SSSR count). The molecule has 1 heterocycles. The van der Waals surface area contributed by atoms with E-state index in [4.69, 9.17) is 0 Å². The first kappa shape index (κ1) is 24.9. The monoisotopic (exact) mass is 527 g/mol. The van der Waals surface area contributed by atoms with E-state index in [9.17, 15) is 12.8 Å². The number of hydrogen-bond acceptors (Lipinski definition) is 4. The van der Waals surface area contributed by atoms with Crippen LogP contribution >= 0.6 is 24.0 Å². The van der Waals surface area contributed by atoms with Gasteiger partial charge in [-0.3, -0.25) is 4.99 Å². The van der Waals surface area contributed by atoms with Crippen LogP contribution in [-0.4, -0.2) is 70.8 Å². The lowest BCUT2D eigenvalue weighted by molar-refractivity contribution is 0.372. The van der Waals surface area contributed by atoms with Crippen LogP contribution in [0.2, 0.25) is 0 Å². The number of benzene rings is 1. The summed E-state index contributed by atoms with van der Waals surface area (Å²) >= 11 is 0. The van der Waals surface area contributed by atoms with Crippen LogP contribution in [0.15, 0.2) is 29.3 Å². The summed E-state index contributed by atoms with van der Waals surface area (Å²) < 4.78 is 38.5. The van der Waals surface area contributed by atoms with Gasteiger partial charge in [0.15, 0.2) is 5.96 Å². The fraction of sp³-hybridized carbons (Fsp3) is 0.611. The molecule has 160 valence electrons. The van der Waals surface area contributed by atoms with Crippen LogP contribution in [0.25, 0.3) is 0 Å². The average molecular weight is 527 g/mol. The van der Waals surface area contributed by atoms with Crippen molar-refractivity contribution in [3.63, 3.8) is 0 Å². The van der Waals surface area contributed by atoms with Gasteiger partial charge in [-0.05, 0) is 44.5 Å². The van der Waals surface area contributed by atoms with Crippen molar-refractivity contribution >= 4 is 45.6 Å². The van der Waals surface area contributed by atoms with Gasteiger partial charge in [-0.1, -0.05) is 0 Å². The summed E-state index contributed by atoms with van der Waals surface area (Å²) in [4.78, 5) is 9.06. The lowest BCUT2D eigenvalue weighted by atomic mass is 10.2. The average Bonchev–Trinajstić information content (AvgIpc) is 2.68. The molecular weight excluding hydrogens is 496 g/mol. The van der Waals surface area contributed by atoms with Gasteiger partial charge in [0.05, 0.1) is 5.75 Å². The van der Waals surface area contributed by atoms with Gasteiger partial charge >= 0.3 is 0 Å². The topological polar surface area (TPSA) is 77.0 Å². The van der Waals surface area contributed by atoms with E-state index in [1.807, 2.05) is 19.1 Å². The molecule has 0 unspecified atom stereocenters. The highest BCUT2D eigenvalue weighted by Gasteiger charge is 2.19. The number of nitrogens with one attached hydrogen (secondary N) is 2. The summed E-state index contributed by atoms with van der Waals surface area (Å²) in [5, 5.41) is 3.30. The number of piperazine rings is 1. The van der Waals surface area contributed by atoms with Gasteiger partial charge in [-0.15, -0.1) is 24.0 Å². The van der Waals surface area contributed by atoms with Crippen molar-refractivity contribution < 1.29 is 12.8 Å². The van der Waals surface area contributed by atoms with Crippen LogP contribution in [0.4, 0.5) is 10.1 Å². The van der Waals surface area contributed by atoms with E-state index in [2.05, 4.69) is 24.8 Å². The number of anilines is 1. The van der Waals surface area contributed by atoms with E-state index < -0.39 is 10.0 Å². The van der Waals surface area contributed by atoms with Crippen LogP contribution in [0.5, 0.6) is 0 Å². The molecule has 1 aliphatic heterocycles. The number of guanidine groups is 1. The number of aliphatic imine (C=N–C) groups is 1. The molecule has 0 spiro atoms. The maximum atomic E-state index is 13.1. The SMILES string of the molecule is CCNC(=NCCCNS(=O)(=O)CC)N1CCN(c2ccc(F)cc2)CC1.I. The van der Waals surface area contributed by atoms with E-state index in [0.29, 0.717) is 19.5 Å². The number of rotatable bonds is 8. The van der Waals surface area contributed by atoms with Crippen LogP contribution < -0.4 is 14.9 Å². The van der Waals surface area contributed by atoms with E-state index in [-0.39, 0.29) is 35.5 Å². The Balaban J connectivity index is 0.00000392. The van der Waals surface area contributed by atoms with Crippen molar-refractivity contribution in [2.24, 2.45) is 4.99 Å². The second-order valence-electron chi connectivity index (χ2n) is 6.34. The van der Waals surface area contributed by atoms with Crippen molar-refractivity contribution in [3.8, 4) is 0 Å². The molecule has 1 aromatic rings. The van der Waals surface area contributed by atoms with E-state index in [0.717, 1.165) is 44.4 Å². The van der Waals surface area contributed by atoms with Gasteiger partial charge in [-0.25, -0.2) is 17.5 Å². The quantitative estimate of drug-likeness (QED) is 0.234. The second kappa shape index (κ2) is 12.4. The fourth-order valence-corrected chi connectivity index (χ4v) is 3.51. The third kappa shape index (κ3) is 8.08. The molecule has 7 nitrogen and oxygen atoms in total. The smallest absolute Gasteiger partial charge is 0.211 e. The summed E-state index contributed by atoms with van der Waals surface area (Å²) in [6.07, 6.45) is 0.656. The van der Waals surface area contributed by atoms with E-state index >= 15 is 0 Å². The van der Waals surface area contributed by atoms with E-state index in [1.165, 1.54) is 12.1 Å². The molecule has 1 saturated heterocycles. The Morgan fingerprint density at radius 3 is 2.36 bits per heavy atom. The predicted molar refractivity (Wildman–Crippen MR) is 124 cm³/mol. The first-order chi connectivity index (χ1) is 12.9. The number of sulfonamides is 1. The molecule has 10 heteroatoms. The first-order valence-corrected chi connectivity index (χ1v) is 11.1. The number of hydrogen-bond donors (Lipinski definition) is 2. The van der Waals surface area contributed by atoms with Crippen LogP contribution in [0.3, 0.4) is 0 Å². The largest absolute Gasteiger partial charge is 0.368 e. The lowest BCUT2D eigenvalue weighted by Gasteiger charge is -2.37. The van der Waals surface area contributed by atoms with Gasteiger partial charge in [-0.2, -0.15) is 0 Å². The Morgan fingerprint density at radius 1 is 1.14 bits per heavy atom. The van der Waals surface area contributed by atoms with Gasteiger partial charge < -0.3 is 15.1 Å². The number of halogens is 2. The third-order valence-corrected chi connectivity index (χ3v) is 5.81. The summed E-state index contributed by atoms with van der Waals surface area (Å²) in [6, 6.07) is 6.59. The molecule has 0 bridgehead atoms. The Hall–Kier alpha value is -1.14. The standard InChI is InChI=1S/C18H30FN5O2S.HI/c1-3-20-18(21-10-5-11-22-27(25,26)4-2)24-14-12-23(13-15-24)17-8-6-16(19)7-9-17;/h6-9,22H,3-5,10-15H2,1-2H3,(H,20,21);1H. The highest BCUT2D eigenvalue weighted by Crippen LogP contribution is 2.16. The zero-order valence-electron chi connectivity index (χ0n) is 16.5. The zero-order valence-corrected chi connectivity index (χ0v) is 19.7.